The van der Waals surface area contributed by atoms with E-state index in [1.165, 1.54) is 0 Å². The highest BCUT2D eigenvalue weighted by atomic mass is 16.5. The van der Waals surface area contributed by atoms with E-state index in [0.29, 0.717) is 5.57 Å². The van der Waals surface area contributed by atoms with E-state index in [1.807, 2.05) is 36.4 Å². The molecule has 1 N–H and O–H groups in total. The molecule has 0 aliphatic rings. The first-order valence-corrected chi connectivity index (χ1v) is 6.06. The molecule has 0 radical (unpaired) electrons. The van der Waals surface area contributed by atoms with E-state index >= 15 is 0 Å². The van der Waals surface area contributed by atoms with Crippen LogP contribution in [-0.2, 0) is 22.7 Å². The van der Waals surface area contributed by atoms with Crippen molar-refractivity contribution in [2.75, 3.05) is 0 Å². The fourth-order valence-corrected chi connectivity index (χ4v) is 1.95. The van der Waals surface area contributed by atoms with Gasteiger partial charge in [-0.25, -0.2) is 4.79 Å². The number of ether oxygens (including phenoxy) is 1. The molecule has 3 nitrogen and oxygen atoms in total. The molecule has 0 aliphatic heterocycles. The number of carbonyl (C=O) groups excluding carboxylic acids is 1. The van der Waals surface area contributed by atoms with Crippen molar-refractivity contribution in [3.05, 3.63) is 59.7 Å². The number of hydrogen-bond donors (Lipinski definition) is 1. The summed E-state index contributed by atoms with van der Waals surface area (Å²) in [6.45, 7) is 5.37. The molecular weight excluding hydrogens is 240 g/mol. The molecule has 3 heteroatoms. The van der Waals surface area contributed by atoms with Crippen LogP contribution in [0.4, 0.5) is 0 Å². The molecule has 0 saturated heterocycles. The molecule has 2 aromatic rings. The Kier molecular flexibility index (Phi) is 3.97. The first kappa shape index (κ1) is 13.3. The summed E-state index contributed by atoms with van der Waals surface area (Å²) in [5.41, 5.74) is 2.17. The van der Waals surface area contributed by atoms with E-state index in [0.717, 1.165) is 21.9 Å². The minimum atomic E-state index is -0.393. The number of benzene rings is 2. The first-order valence-electron chi connectivity index (χ1n) is 6.06. The minimum Gasteiger partial charge on any atom is -0.457 e. The van der Waals surface area contributed by atoms with Crippen LogP contribution >= 0.6 is 0 Å². The second kappa shape index (κ2) is 5.67. The van der Waals surface area contributed by atoms with Crippen molar-refractivity contribution < 1.29 is 14.6 Å². The lowest BCUT2D eigenvalue weighted by molar-refractivity contribution is -0.140. The van der Waals surface area contributed by atoms with E-state index in [9.17, 15) is 9.90 Å². The smallest absolute Gasteiger partial charge is 0.333 e. The molecule has 0 unspecified atom stereocenters. The highest BCUT2D eigenvalue weighted by Crippen LogP contribution is 2.23. The SMILES string of the molecule is C=C(C)C(=O)OCc1ccc(CO)c2ccccc12. The third-order valence-corrected chi connectivity index (χ3v) is 2.98. The summed E-state index contributed by atoms with van der Waals surface area (Å²) in [6.07, 6.45) is 0. The Bertz CT molecular complexity index is 629. The van der Waals surface area contributed by atoms with Crippen molar-refractivity contribution in [3.8, 4) is 0 Å². The molecule has 0 amide bonds. The Morgan fingerprint density at radius 1 is 1.16 bits per heavy atom. The van der Waals surface area contributed by atoms with Crippen LogP contribution in [-0.4, -0.2) is 11.1 Å². The summed E-state index contributed by atoms with van der Waals surface area (Å²) in [5, 5.41) is 11.3. The van der Waals surface area contributed by atoms with Crippen LogP contribution in [0.15, 0.2) is 48.6 Å². The van der Waals surface area contributed by atoms with Crippen molar-refractivity contribution in [2.45, 2.75) is 20.1 Å². The largest absolute Gasteiger partial charge is 0.457 e. The number of esters is 1. The molecule has 0 aliphatic carbocycles. The zero-order valence-electron chi connectivity index (χ0n) is 10.8. The maximum absolute atomic E-state index is 11.4. The van der Waals surface area contributed by atoms with Crippen molar-refractivity contribution >= 4 is 16.7 Å². The fourth-order valence-electron chi connectivity index (χ4n) is 1.95. The summed E-state index contributed by atoms with van der Waals surface area (Å²) >= 11 is 0. The predicted octanol–water partition coefficient (Wildman–Crippen LogP) is 2.95. The van der Waals surface area contributed by atoms with Gasteiger partial charge in [-0.05, 0) is 28.8 Å². The van der Waals surface area contributed by atoms with Crippen molar-refractivity contribution in [2.24, 2.45) is 0 Å². The highest BCUT2D eigenvalue weighted by molar-refractivity contribution is 5.89. The van der Waals surface area contributed by atoms with Crippen LogP contribution in [0.25, 0.3) is 10.8 Å². The van der Waals surface area contributed by atoms with Crippen LogP contribution in [0.5, 0.6) is 0 Å². The first-order chi connectivity index (χ1) is 9.13. The maximum atomic E-state index is 11.4. The molecule has 2 aromatic carbocycles. The molecule has 0 heterocycles. The minimum absolute atomic E-state index is 0.00759. The van der Waals surface area contributed by atoms with Crippen molar-refractivity contribution in [1.82, 2.24) is 0 Å². The van der Waals surface area contributed by atoms with Crippen LogP contribution in [0.3, 0.4) is 0 Å². The van der Waals surface area contributed by atoms with E-state index in [-0.39, 0.29) is 13.2 Å². The molecule has 0 atom stereocenters. The Balaban J connectivity index is 2.34. The third-order valence-electron chi connectivity index (χ3n) is 2.98. The highest BCUT2D eigenvalue weighted by Gasteiger charge is 2.08. The van der Waals surface area contributed by atoms with E-state index < -0.39 is 5.97 Å². The normalized spacial score (nSPS) is 10.4. The molecular formula is C16H16O3. The van der Waals surface area contributed by atoms with Gasteiger partial charge in [0.1, 0.15) is 6.61 Å². The van der Waals surface area contributed by atoms with Crippen LogP contribution in [0.2, 0.25) is 0 Å². The molecule has 98 valence electrons. The lowest BCUT2D eigenvalue weighted by Gasteiger charge is -2.10. The van der Waals surface area contributed by atoms with Gasteiger partial charge >= 0.3 is 5.97 Å². The van der Waals surface area contributed by atoms with E-state index in [1.54, 1.807) is 6.92 Å². The van der Waals surface area contributed by atoms with Crippen molar-refractivity contribution in [3.63, 3.8) is 0 Å². The number of hydrogen-bond acceptors (Lipinski definition) is 3. The van der Waals surface area contributed by atoms with Gasteiger partial charge in [-0.15, -0.1) is 0 Å². The predicted molar refractivity (Wildman–Crippen MR) is 74.5 cm³/mol. The zero-order chi connectivity index (χ0) is 13.8. The number of aliphatic hydroxyl groups excluding tert-OH is 1. The molecule has 0 saturated carbocycles. The van der Waals surface area contributed by atoms with Gasteiger partial charge in [0.25, 0.3) is 0 Å². The van der Waals surface area contributed by atoms with Gasteiger partial charge < -0.3 is 9.84 Å². The standard InChI is InChI=1S/C16H16O3/c1-11(2)16(18)19-10-13-8-7-12(9-17)14-5-3-4-6-15(13)14/h3-8,17H,1,9-10H2,2H3. The summed E-state index contributed by atoms with van der Waals surface area (Å²) in [4.78, 5) is 11.4. The number of rotatable bonds is 4. The van der Waals surface area contributed by atoms with Gasteiger partial charge in [0.15, 0.2) is 0 Å². The van der Waals surface area contributed by atoms with Crippen molar-refractivity contribution in [1.29, 1.82) is 0 Å². The molecule has 19 heavy (non-hydrogen) atoms. The van der Waals surface area contributed by atoms with Gasteiger partial charge in [-0.2, -0.15) is 0 Å². The molecule has 0 bridgehead atoms. The summed E-state index contributed by atoms with van der Waals surface area (Å²) < 4.78 is 5.17. The number of fused-ring (bicyclic) bond motifs is 1. The lowest BCUT2D eigenvalue weighted by Crippen LogP contribution is -2.05. The summed E-state index contributed by atoms with van der Waals surface area (Å²) in [7, 11) is 0. The zero-order valence-corrected chi connectivity index (χ0v) is 10.8. The van der Waals surface area contributed by atoms with E-state index in [2.05, 4.69) is 6.58 Å². The Morgan fingerprint density at radius 3 is 2.32 bits per heavy atom. The Morgan fingerprint density at radius 2 is 1.74 bits per heavy atom. The molecule has 0 spiro atoms. The lowest BCUT2D eigenvalue weighted by atomic mass is 10.0. The topological polar surface area (TPSA) is 46.5 Å². The average Bonchev–Trinajstić information content (AvgIpc) is 2.44. The Labute approximate surface area is 112 Å². The fraction of sp³-hybridized carbons (Fsp3) is 0.188. The maximum Gasteiger partial charge on any atom is 0.333 e. The number of carbonyl (C=O) groups is 1. The molecule has 2 rings (SSSR count). The number of aliphatic hydroxyl groups is 1. The van der Waals surface area contributed by atoms with Crippen LogP contribution in [0, 0.1) is 0 Å². The van der Waals surface area contributed by atoms with Gasteiger partial charge in [-0.3, -0.25) is 0 Å². The van der Waals surface area contributed by atoms with Gasteiger partial charge in [-0.1, -0.05) is 43.0 Å². The monoisotopic (exact) mass is 256 g/mol. The van der Waals surface area contributed by atoms with Crippen LogP contribution in [0.1, 0.15) is 18.1 Å². The second-order valence-electron chi connectivity index (χ2n) is 4.44. The average molecular weight is 256 g/mol. The molecule has 0 aromatic heterocycles. The summed E-state index contributed by atoms with van der Waals surface area (Å²) in [6, 6.07) is 11.5. The quantitative estimate of drug-likeness (QED) is 0.675. The van der Waals surface area contributed by atoms with Gasteiger partial charge in [0.2, 0.25) is 0 Å². The third kappa shape index (κ3) is 2.83. The molecule has 0 fully saturated rings. The van der Waals surface area contributed by atoms with Gasteiger partial charge in [0, 0.05) is 5.57 Å². The van der Waals surface area contributed by atoms with E-state index in [4.69, 9.17) is 4.74 Å². The summed E-state index contributed by atoms with van der Waals surface area (Å²) in [5.74, 6) is -0.393. The van der Waals surface area contributed by atoms with Gasteiger partial charge in [0.05, 0.1) is 6.61 Å². The Hall–Kier alpha value is -2.13. The van der Waals surface area contributed by atoms with Crippen LogP contribution < -0.4 is 0 Å². The second-order valence-corrected chi connectivity index (χ2v) is 4.44.